The van der Waals surface area contributed by atoms with Crippen molar-refractivity contribution in [3.05, 3.63) is 218 Å². The number of benzene rings is 10. The fourth-order valence-electron chi connectivity index (χ4n) is 10.6. The SMILES string of the molecule is c1ccc(-c2nc(-c3ccccc3)nc(-c3cccc4c3oc3c(-c5ccc6c(c5)c5c7sc8ccccc8c7ccc5n6-c5ccc(-c6cccc7c6oc6ccccc67)cc5)cccc34)n2)cc1. The summed E-state index contributed by atoms with van der Waals surface area (Å²) in [6, 6.07) is 76.7. The van der Waals surface area contributed by atoms with Crippen molar-refractivity contribution in [2.75, 3.05) is 0 Å². The van der Waals surface area contributed by atoms with E-state index in [0.29, 0.717) is 17.5 Å². The van der Waals surface area contributed by atoms with Crippen LogP contribution in [-0.2, 0) is 0 Å². The number of rotatable bonds is 6. The molecule has 70 heavy (non-hydrogen) atoms. The summed E-state index contributed by atoms with van der Waals surface area (Å²) in [5.41, 5.74) is 13.6. The predicted molar refractivity (Wildman–Crippen MR) is 289 cm³/mol. The van der Waals surface area contributed by atoms with Crippen molar-refractivity contribution in [1.29, 1.82) is 0 Å². The molecule has 5 aromatic heterocycles. The topological polar surface area (TPSA) is 69.9 Å². The lowest BCUT2D eigenvalue weighted by Crippen LogP contribution is -2.00. The summed E-state index contributed by atoms with van der Waals surface area (Å²) in [7, 11) is 0. The highest BCUT2D eigenvalue weighted by Crippen LogP contribution is 2.46. The minimum absolute atomic E-state index is 0.556. The highest BCUT2D eigenvalue weighted by Gasteiger charge is 2.22. The quantitative estimate of drug-likeness (QED) is 0.166. The first-order chi connectivity index (χ1) is 34.7. The van der Waals surface area contributed by atoms with Crippen molar-refractivity contribution in [2.45, 2.75) is 0 Å². The molecule has 0 bridgehead atoms. The molecule has 0 amide bonds. The van der Waals surface area contributed by atoms with Crippen molar-refractivity contribution >= 4 is 97.2 Å². The summed E-state index contributed by atoms with van der Waals surface area (Å²) in [6.07, 6.45) is 0. The van der Waals surface area contributed by atoms with E-state index in [0.717, 1.165) is 99.5 Å². The van der Waals surface area contributed by atoms with E-state index in [-0.39, 0.29) is 0 Å². The van der Waals surface area contributed by atoms with E-state index in [2.05, 4.69) is 144 Å². The average Bonchev–Trinajstić information content (AvgIpc) is 4.20. The molecule has 6 nitrogen and oxygen atoms in total. The number of hydrogen-bond donors (Lipinski definition) is 0. The summed E-state index contributed by atoms with van der Waals surface area (Å²) in [5.74, 6) is 1.77. The maximum atomic E-state index is 7.08. The van der Waals surface area contributed by atoms with Gasteiger partial charge in [-0.15, -0.1) is 11.3 Å². The van der Waals surface area contributed by atoms with Crippen LogP contribution in [0.5, 0.6) is 0 Å². The standard InChI is InChI=1S/C63H36N4O2S/c1-3-14-38(15-4-1)61-64-62(39-16-5-2-6-17-39)66-63(65-61)50-25-13-24-48-47-23-12-21-43(58(47)69-59(48)50)40-30-34-52-51(36-40)56-53(35-33-49-45-19-8-10-27-55(45)70-60(49)56)67(52)41-31-28-37(29-32-41)42-20-11-22-46-44-18-7-9-26-54(44)68-57(42)46/h1-36H. The molecule has 15 aromatic rings. The van der Waals surface area contributed by atoms with Crippen LogP contribution >= 0.6 is 11.3 Å². The molecule has 0 N–H and O–H groups in total. The van der Waals surface area contributed by atoms with Crippen molar-refractivity contribution in [3.8, 4) is 62.1 Å². The first-order valence-corrected chi connectivity index (χ1v) is 24.2. The van der Waals surface area contributed by atoms with Gasteiger partial charge in [0.25, 0.3) is 0 Å². The predicted octanol–water partition coefficient (Wildman–Crippen LogP) is 17.5. The maximum Gasteiger partial charge on any atom is 0.167 e. The Labute approximate surface area is 404 Å². The molecule has 0 radical (unpaired) electrons. The van der Waals surface area contributed by atoms with Gasteiger partial charge in [0.1, 0.15) is 22.3 Å². The van der Waals surface area contributed by atoms with E-state index in [9.17, 15) is 0 Å². The van der Waals surface area contributed by atoms with E-state index in [4.69, 9.17) is 23.8 Å². The van der Waals surface area contributed by atoms with Crippen LogP contribution in [0.25, 0.3) is 148 Å². The smallest absolute Gasteiger partial charge is 0.167 e. The van der Waals surface area contributed by atoms with Gasteiger partial charge in [-0.1, -0.05) is 170 Å². The van der Waals surface area contributed by atoms with Gasteiger partial charge in [0.05, 0.1) is 16.6 Å². The van der Waals surface area contributed by atoms with Crippen molar-refractivity contribution in [1.82, 2.24) is 19.5 Å². The second-order valence-electron chi connectivity index (χ2n) is 17.8. The number of para-hydroxylation sites is 4. The van der Waals surface area contributed by atoms with Crippen LogP contribution in [0.2, 0.25) is 0 Å². The van der Waals surface area contributed by atoms with Crippen molar-refractivity contribution < 1.29 is 8.83 Å². The maximum absolute atomic E-state index is 7.08. The summed E-state index contributed by atoms with van der Waals surface area (Å²) in [6.45, 7) is 0. The van der Waals surface area contributed by atoms with Gasteiger partial charge in [-0.2, -0.15) is 0 Å². The molecule has 0 saturated heterocycles. The van der Waals surface area contributed by atoms with Gasteiger partial charge in [0, 0.05) is 80.4 Å². The van der Waals surface area contributed by atoms with Crippen LogP contribution in [-0.4, -0.2) is 19.5 Å². The van der Waals surface area contributed by atoms with Gasteiger partial charge >= 0.3 is 0 Å². The zero-order valence-corrected chi connectivity index (χ0v) is 38.1. The van der Waals surface area contributed by atoms with Crippen molar-refractivity contribution in [3.63, 3.8) is 0 Å². The number of furan rings is 2. The lowest BCUT2D eigenvalue weighted by molar-refractivity contribution is 0.670. The molecule has 5 heterocycles. The molecule has 0 saturated carbocycles. The van der Waals surface area contributed by atoms with Crippen LogP contribution in [0.4, 0.5) is 0 Å². The van der Waals surface area contributed by atoms with Crippen LogP contribution in [0.3, 0.4) is 0 Å². The van der Waals surface area contributed by atoms with Gasteiger partial charge in [0.15, 0.2) is 17.5 Å². The molecule has 0 fully saturated rings. The summed E-state index contributed by atoms with van der Waals surface area (Å²) in [4.78, 5) is 15.1. The molecule has 0 aliphatic rings. The molecule has 0 spiro atoms. The molecule has 326 valence electrons. The van der Waals surface area contributed by atoms with E-state index in [1.165, 1.54) is 30.9 Å². The van der Waals surface area contributed by atoms with Gasteiger partial charge < -0.3 is 13.4 Å². The van der Waals surface area contributed by atoms with Gasteiger partial charge in [-0.05, 0) is 59.7 Å². The molecular formula is C63H36N4O2S. The molecule has 0 aliphatic heterocycles. The Hall–Kier alpha value is -9.17. The molecular weight excluding hydrogens is 877 g/mol. The van der Waals surface area contributed by atoms with E-state index in [1.54, 1.807) is 0 Å². The number of nitrogens with zero attached hydrogens (tertiary/aromatic N) is 4. The molecule has 0 aliphatic carbocycles. The Kier molecular flexibility index (Phi) is 8.43. The molecule has 0 atom stereocenters. The van der Waals surface area contributed by atoms with Crippen molar-refractivity contribution in [2.24, 2.45) is 0 Å². The minimum atomic E-state index is 0.556. The Morgan fingerprint density at radius 2 is 0.886 bits per heavy atom. The Bertz CT molecular complexity index is 4530. The average molecular weight is 913 g/mol. The highest BCUT2D eigenvalue weighted by atomic mass is 32.1. The lowest BCUT2D eigenvalue weighted by Gasteiger charge is -2.10. The van der Waals surface area contributed by atoms with Crippen LogP contribution in [0.15, 0.2) is 227 Å². The third-order valence-electron chi connectivity index (χ3n) is 13.9. The summed E-state index contributed by atoms with van der Waals surface area (Å²) >= 11 is 1.86. The highest BCUT2D eigenvalue weighted by molar-refractivity contribution is 7.26. The Balaban J connectivity index is 0.910. The Morgan fingerprint density at radius 1 is 0.343 bits per heavy atom. The minimum Gasteiger partial charge on any atom is -0.455 e. The fraction of sp³-hybridized carbons (Fsp3) is 0. The van der Waals surface area contributed by atoms with E-state index in [1.807, 2.05) is 90.2 Å². The van der Waals surface area contributed by atoms with Crippen LogP contribution in [0.1, 0.15) is 0 Å². The zero-order valence-electron chi connectivity index (χ0n) is 37.3. The third-order valence-corrected chi connectivity index (χ3v) is 15.1. The monoisotopic (exact) mass is 912 g/mol. The van der Waals surface area contributed by atoms with Crippen LogP contribution < -0.4 is 0 Å². The van der Waals surface area contributed by atoms with Crippen LogP contribution in [0, 0.1) is 0 Å². The third kappa shape index (κ3) is 5.89. The van der Waals surface area contributed by atoms with E-state index >= 15 is 0 Å². The number of fused-ring (bicyclic) bond motifs is 13. The second-order valence-corrected chi connectivity index (χ2v) is 18.9. The van der Waals surface area contributed by atoms with E-state index < -0.39 is 0 Å². The van der Waals surface area contributed by atoms with Gasteiger partial charge in [0.2, 0.25) is 0 Å². The number of hydrogen-bond acceptors (Lipinski definition) is 6. The lowest BCUT2D eigenvalue weighted by atomic mass is 9.99. The molecule has 10 aromatic carbocycles. The summed E-state index contributed by atoms with van der Waals surface area (Å²) < 4.78 is 18.5. The second kappa shape index (κ2) is 15.2. The fourth-order valence-corrected chi connectivity index (χ4v) is 11.9. The zero-order chi connectivity index (χ0) is 45.9. The van der Waals surface area contributed by atoms with Gasteiger partial charge in [-0.25, -0.2) is 15.0 Å². The molecule has 7 heteroatoms. The van der Waals surface area contributed by atoms with Gasteiger partial charge in [-0.3, -0.25) is 0 Å². The number of thiophene rings is 1. The molecule has 15 rings (SSSR count). The Morgan fingerprint density at radius 3 is 1.61 bits per heavy atom. The largest absolute Gasteiger partial charge is 0.455 e. The first-order valence-electron chi connectivity index (χ1n) is 23.4. The number of aromatic nitrogens is 4. The normalized spacial score (nSPS) is 12.0. The molecule has 0 unspecified atom stereocenters. The first kappa shape index (κ1) is 38.9. The summed E-state index contributed by atoms with van der Waals surface area (Å²) in [5, 5.41) is 9.25.